The standard InChI is InChI=1S/C22H19F4N3O5/c1-10-17(21(32)33)13(9-14-19(10)28-15(29(14)2)7-8-16(30)34-3)27-20(31)11-5-4-6-12(18(11)23)22(24,25)26/h4-6,9H,7-8H2,1-3H3,(H,27,31)(H,32,33). The number of nitrogens with one attached hydrogen (secondary N) is 1. The second-order valence-electron chi connectivity index (χ2n) is 7.38. The van der Waals surface area contributed by atoms with Crippen LogP contribution in [0.3, 0.4) is 0 Å². The highest BCUT2D eigenvalue weighted by molar-refractivity contribution is 6.10. The first-order valence-corrected chi connectivity index (χ1v) is 9.82. The molecule has 0 spiro atoms. The third-order valence-corrected chi connectivity index (χ3v) is 5.30. The van der Waals surface area contributed by atoms with Gasteiger partial charge in [-0.2, -0.15) is 13.2 Å². The third kappa shape index (κ3) is 4.56. The predicted molar refractivity (Wildman–Crippen MR) is 112 cm³/mol. The van der Waals surface area contributed by atoms with Crippen LogP contribution in [0.1, 0.15) is 44.1 Å². The number of esters is 1. The normalized spacial score (nSPS) is 11.5. The summed E-state index contributed by atoms with van der Waals surface area (Å²) in [6, 6.07) is 3.52. The number of nitrogens with zero attached hydrogens (tertiary/aromatic N) is 2. The van der Waals surface area contributed by atoms with Crippen LogP contribution < -0.4 is 5.32 Å². The second kappa shape index (κ2) is 9.12. The number of amides is 1. The van der Waals surface area contributed by atoms with Crippen LogP contribution in [0.2, 0.25) is 0 Å². The number of carbonyl (C=O) groups excluding carboxylic acids is 2. The molecule has 180 valence electrons. The Hall–Kier alpha value is -3.96. The maximum atomic E-state index is 14.4. The summed E-state index contributed by atoms with van der Waals surface area (Å²) in [5.74, 6) is -4.48. The molecule has 2 aromatic carbocycles. The Morgan fingerprint density at radius 3 is 2.50 bits per heavy atom. The maximum Gasteiger partial charge on any atom is 0.419 e. The lowest BCUT2D eigenvalue weighted by Crippen LogP contribution is -2.19. The number of rotatable bonds is 6. The number of alkyl halides is 3. The monoisotopic (exact) mass is 481 g/mol. The molecular formula is C22H19F4N3O5. The SMILES string of the molecule is COC(=O)CCc1nc2c(C)c(C(=O)O)c(NC(=O)c3cccc(C(F)(F)F)c3F)cc2n1C. The van der Waals surface area contributed by atoms with Crippen molar-refractivity contribution in [3.8, 4) is 0 Å². The van der Waals surface area contributed by atoms with Gasteiger partial charge in [-0.1, -0.05) is 6.07 Å². The summed E-state index contributed by atoms with van der Waals surface area (Å²) in [5, 5.41) is 11.9. The number of carboxylic acid groups (broad SMARTS) is 1. The number of hydrogen-bond donors (Lipinski definition) is 2. The number of aryl methyl sites for hydroxylation is 3. The molecule has 0 saturated heterocycles. The highest BCUT2D eigenvalue weighted by Crippen LogP contribution is 2.33. The molecule has 34 heavy (non-hydrogen) atoms. The summed E-state index contributed by atoms with van der Waals surface area (Å²) in [4.78, 5) is 40.4. The van der Waals surface area contributed by atoms with Crippen molar-refractivity contribution in [2.24, 2.45) is 7.05 Å². The van der Waals surface area contributed by atoms with E-state index in [0.717, 1.165) is 12.1 Å². The van der Waals surface area contributed by atoms with Crippen molar-refractivity contribution in [1.82, 2.24) is 9.55 Å². The Labute approximate surface area is 190 Å². The van der Waals surface area contributed by atoms with E-state index in [2.05, 4.69) is 15.0 Å². The molecule has 0 saturated carbocycles. The zero-order valence-electron chi connectivity index (χ0n) is 18.2. The fourth-order valence-electron chi connectivity index (χ4n) is 3.56. The van der Waals surface area contributed by atoms with Crippen LogP contribution in [0.4, 0.5) is 23.2 Å². The second-order valence-corrected chi connectivity index (χ2v) is 7.38. The molecule has 0 atom stereocenters. The average Bonchev–Trinajstić information content (AvgIpc) is 3.07. The van der Waals surface area contributed by atoms with E-state index >= 15 is 0 Å². The summed E-state index contributed by atoms with van der Waals surface area (Å²) in [6.45, 7) is 1.45. The first-order chi connectivity index (χ1) is 15.9. The van der Waals surface area contributed by atoms with Crippen LogP contribution in [-0.4, -0.2) is 39.6 Å². The molecule has 0 aliphatic rings. The van der Waals surface area contributed by atoms with Crippen LogP contribution in [-0.2, 0) is 29.2 Å². The number of imidazole rings is 1. The number of hydrogen-bond acceptors (Lipinski definition) is 5. The van der Waals surface area contributed by atoms with Crippen LogP contribution in [0, 0.1) is 12.7 Å². The van der Waals surface area contributed by atoms with E-state index in [9.17, 15) is 37.1 Å². The van der Waals surface area contributed by atoms with Crippen LogP contribution in [0.25, 0.3) is 11.0 Å². The molecule has 3 aromatic rings. The topological polar surface area (TPSA) is 111 Å². The van der Waals surface area contributed by atoms with Gasteiger partial charge in [-0.3, -0.25) is 9.59 Å². The lowest BCUT2D eigenvalue weighted by atomic mass is 10.0. The fourth-order valence-corrected chi connectivity index (χ4v) is 3.56. The van der Waals surface area contributed by atoms with Gasteiger partial charge in [-0.25, -0.2) is 14.2 Å². The molecule has 0 bridgehead atoms. The van der Waals surface area contributed by atoms with E-state index < -0.39 is 41.0 Å². The number of fused-ring (bicyclic) bond motifs is 1. The zero-order chi connectivity index (χ0) is 25.4. The van der Waals surface area contributed by atoms with E-state index in [1.807, 2.05) is 0 Å². The molecule has 3 rings (SSSR count). The summed E-state index contributed by atoms with van der Waals surface area (Å²) in [6.07, 6.45) is -4.80. The Morgan fingerprint density at radius 1 is 1.24 bits per heavy atom. The number of anilines is 1. The predicted octanol–water partition coefficient (Wildman–Crippen LogP) is 4.10. The average molecular weight is 481 g/mol. The largest absolute Gasteiger partial charge is 0.478 e. The molecular weight excluding hydrogens is 462 g/mol. The van der Waals surface area contributed by atoms with Gasteiger partial charge in [0.1, 0.15) is 11.6 Å². The number of methoxy groups -OCH3 is 1. The first kappa shape index (κ1) is 24.7. The summed E-state index contributed by atoms with van der Waals surface area (Å²) in [7, 11) is 2.85. The smallest absolute Gasteiger partial charge is 0.419 e. The van der Waals surface area contributed by atoms with Crippen LogP contribution in [0.5, 0.6) is 0 Å². The van der Waals surface area contributed by atoms with E-state index in [1.54, 1.807) is 11.6 Å². The molecule has 2 N–H and O–H groups in total. The minimum absolute atomic E-state index is 0.0247. The van der Waals surface area contributed by atoms with E-state index in [4.69, 9.17) is 0 Å². The molecule has 0 aliphatic heterocycles. The summed E-state index contributed by atoms with van der Waals surface area (Å²) in [5.41, 5.74) is -2.26. The number of aromatic nitrogens is 2. The number of benzene rings is 2. The molecule has 0 unspecified atom stereocenters. The Morgan fingerprint density at radius 2 is 1.91 bits per heavy atom. The Kier molecular flexibility index (Phi) is 6.62. The van der Waals surface area contributed by atoms with E-state index in [-0.39, 0.29) is 29.7 Å². The number of ether oxygens (including phenoxy) is 1. The van der Waals surface area contributed by atoms with Gasteiger partial charge in [0.25, 0.3) is 5.91 Å². The number of carbonyl (C=O) groups is 3. The van der Waals surface area contributed by atoms with Crippen molar-refractivity contribution >= 4 is 34.6 Å². The van der Waals surface area contributed by atoms with Crippen molar-refractivity contribution < 1.29 is 41.8 Å². The summed E-state index contributed by atoms with van der Waals surface area (Å²) >= 11 is 0. The molecule has 0 radical (unpaired) electrons. The minimum Gasteiger partial charge on any atom is -0.478 e. The van der Waals surface area contributed by atoms with Gasteiger partial charge in [0, 0.05) is 13.5 Å². The summed E-state index contributed by atoms with van der Waals surface area (Å²) < 4.78 is 59.6. The zero-order valence-corrected chi connectivity index (χ0v) is 18.2. The van der Waals surface area contributed by atoms with Crippen LogP contribution in [0.15, 0.2) is 24.3 Å². The highest BCUT2D eigenvalue weighted by Gasteiger charge is 2.36. The molecule has 0 aliphatic carbocycles. The Balaban J connectivity index is 2.08. The number of aromatic carboxylic acids is 1. The van der Waals surface area contributed by atoms with E-state index in [1.165, 1.54) is 20.1 Å². The number of carboxylic acids is 1. The van der Waals surface area contributed by atoms with Gasteiger partial charge in [0.2, 0.25) is 0 Å². The van der Waals surface area contributed by atoms with Gasteiger partial charge in [-0.05, 0) is 30.7 Å². The maximum absolute atomic E-state index is 14.4. The Bertz CT molecular complexity index is 1310. The lowest BCUT2D eigenvalue weighted by molar-refractivity contribution is -0.141. The molecule has 1 amide bonds. The van der Waals surface area contributed by atoms with Crippen LogP contribution >= 0.6 is 0 Å². The third-order valence-electron chi connectivity index (χ3n) is 5.30. The first-order valence-electron chi connectivity index (χ1n) is 9.82. The van der Waals surface area contributed by atoms with E-state index in [0.29, 0.717) is 22.9 Å². The van der Waals surface area contributed by atoms with Gasteiger partial charge in [-0.15, -0.1) is 0 Å². The van der Waals surface area contributed by atoms with Crippen molar-refractivity contribution in [3.05, 3.63) is 58.2 Å². The molecule has 1 heterocycles. The van der Waals surface area contributed by atoms with Crippen molar-refractivity contribution in [2.75, 3.05) is 12.4 Å². The van der Waals surface area contributed by atoms with Gasteiger partial charge in [0.15, 0.2) is 0 Å². The quantitative estimate of drug-likeness (QED) is 0.405. The molecule has 8 nitrogen and oxygen atoms in total. The van der Waals surface area contributed by atoms with Gasteiger partial charge < -0.3 is 19.7 Å². The number of halogens is 4. The van der Waals surface area contributed by atoms with Crippen molar-refractivity contribution in [1.29, 1.82) is 0 Å². The van der Waals surface area contributed by atoms with Crippen molar-refractivity contribution in [2.45, 2.75) is 25.9 Å². The molecule has 0 fully saturated rings. The molecule has 1 aromatic heterocycles. The molecule has 12 heteroatoms. The lowest BCUT2D eigenvalue weighted by Gasteiger charge is -2.14. The van der Waals surface area contributed by atoms with Gasteiger partial charge in [0.05, 0.1) is 46.9 Å². The fraction of sp³-hybridized carbons (Fsp3) is 0.273. The van der Waals surface area contributed by atoms with Gasteiger partial charge >= 0.3 is 18.1 Å². The minimum atomic E-state index is -5.02. The highest BCUT2D eigenvalue weighted by atomic mass is 19.4. The van der Waals surface area contributed by atoms with Crippen molar-refractivity contribution in [3.63, 3.8) is 0 Å².